The highest BCUT2D eigenvalue weighted by Gasteiger charge is 2.37. The number of fused-ring (bicyclic) bond motifs is 1. The Balaban J connectivity index is 1.83. The summed E-state index contributed by atoms with van der Waals surface area (Å²) in [5.74, 6) is 0.152. The Kier molecular flexibility index (Phi) is 6.61. The van der Waals surface area contributed by atoms with E-state index in [4.69, 9.17) is 4.74 Å². The largest absolute Gasteiger partial charge is 0.490 e. The van der Waals surface area contributed by atoms with Gasteiger partial charge in [-0.3, -0.25) is 9.59 Å². The van der Waals surface area contributed by atoms with Gasteiger partial charge in [0, 0.05) is 38.0 Å². The van der Waals surface area contributed by atoms with Gasteiger partial charge < -0.3 is 15.0 Å². The van der Waals surface area contributed by atoms with Crippen LogP contribution in [0.15, 0.2) is 47.4 Å². The highest BCUT2D eigenvalue weighted by Crippen LogP contribution is 2.38. The van der Waals surface area contributed by atoms with E-state index in [0.717, 1.165) is 10.7 Å². The van der Waals surface area contributed by atoms with Gasteiger partial charge >= 0.3 is 0 Å². The van der Waals surface area contributed by atoms with Crippen LogP contribution in [-0.2, 0) is 14.8 Å². The Morgan fingerprint density at radius 2 is 1.81 bits per heavy atom. The predicted molar refractivity (Wildman–Crippen MR) is 124 cm³/mol. The summed E-state index contributed by atoms with van der Waals surface area (Å²) in [5.41, 5.74) is 0.857. The molecule has 9 heteroatoms. The summed E-state index contributed by atoms with van der Waals surface area (Å²) in [4.78, 5) is 27.5. The van der Waals surface area contributed by atoms with Crippen molar-refractivity contribution in [3.8, 4) is 5.75 Å². The van der Waals surface area contributed by atoms with E-state index in [9.17, 15) is 18.0 Å². The molecule has 0 spiro atoms. The number of anilines is 2. The van der Waals surface area contributed by atoms with E-state index in [0.29, 0.717) is 29.2 Å². The topological polar surface area (TPSA) is 96.0 Å². The minimum absolute atomic E-state index is 0.00246. The van der Waals surface area contributed by atoms with Gasteiger partial charge in [0.15, 0.2) is 0 Å². The number of rotatable bonds is 6. The Morgan fingerprint density at radius 3 is 2.41 bits per heavy atom. The van der Waals surface area contributed by atoms with Crippen LogP contribution in [-0.4, -0.2) is 51.8 Å². The molecule has 0 fully saturated rings. The maximum absolute atomic E-state index is 12.9. The molecule has 0 aliphatic carbocycles. The number of ether oxygens (including phenoxy) is 1. The standard InChI is InChI=1S/C23H29N3O5S/c1-6-13-26-19-12-9-17(14-20(19)31-15-23(2,3)22(26)28)24-21(27)16-7-10-18(11-8-16)32(29,30)25(4)5/h7-12,14H,6,13,15H2,1-5H3,(H,24,27). The van der Waals surface area contributed by atoms with Crippen molar-refractivity contribution in [3.05, 3.63) is 48.0 Å². The van der Waals surface area contributed by atoms with E-state index in [1.807, 2.05) is 20.8 Å². The highest BCUT2D eigenvalue weighted by atomic mass is 32.2. The van der Waals surface area contributed by atoms with Crippen LogP contribution in [0.3, 0.4) is 0 Å². The van der Waals surface area contributed by atoms with Gasteiger partial charge in [0.1, 0.15) is 12.4 Å². The van der Waals surface area contributed by atoms with Gasteiger partial charge in [0.05, 0.1) is 16.0 Å². The molecular weight excluding hydrogens is 430 g/mol. The number of amides is 2. The monoisotopic (exact) mass is 459 g/mol. The van der Waals surface area contributed by atoms with Crippen molar-refractivity contribution in [1.82, 2.24) is 4.31 Å². The van der Waals surface area contributed by atoms with Crippen molar-refractivity contribution >= 4 is 33.2 Å². The number of hydrogen-bond acceptors (Lipinski definition) is 5. The lowest BCUT2D eigenvalue weighted by molar-refractivity contribution is -0.127. The lowest BCUT2D eigenvalue weighted by Gasteiger charge is -2.27. The molecule has 2 aromatic rings. The highest BCUT2D eigenvalue weighted by molar-refractivity contribution is 7.89. The van der Waals surface area contributed by atoms with Gasteiger partial charge in [-0.05, 0) is 56.7 Å². The molecule has 0 atom stereocenters. The number of benzene rings is 2. The minimum Gasteiger partial charge on any atom is -0.490 e. The SMILES string of the molecule is CCCN1C(=O)C(C)(C)COc2cc(NC(=O)c3ccc(S(=O)(=O)N(C)C)cc3)ccc21. The zero-order chi connectivity index (χ0) is 23.7. The second-order valence-corrected chi connectivity index (χ2v) is 10.7. The number of carbonyl (C=O) groups is 2. The Hall–Kier alpha value is -2.91. The maximum atomic E-state index is 12.9. The molecule has 1 N–H and O–H groups in total. The second kappa shape index (κ2) is 8.91. The van der Waals surface area contributed by atoms with Gasteiger partial charge in [-0.15, -0.1) is 0 Å². The Morgan fingerprint density at radius 1 is 1.16 bits per heavy atom. The Labute approximate surface area is 189 Å². The lowest BCUT2D eigenvalue weighted by atomic mass is 9.93. The van der Waals surface area contributed by atoms with Crippen molar-refractivity contribution < 1.29 is 22.7 Å². The first-order chi connectivity index (χ1) is 15.0. The molecule has 172 valence electrons. The third-order valence-electron chi connectivity index (χ3n) is 5.26. The van der Waals surface area contributed by atoms with Crippen molar-refractivity contribution in [2.75, 3.05) is 37.5 Å². The van der Waals surface area contributed by atoms with Crippen LogP contribution < -0.4 is 15.0 Å². The number of sulfonamides is 1. The average molecular weight is 460 g/mol. The molecule has 0 saturated heterocycles. The average Bonchev–Trinajstić information content (AvgIpc) is 2.84. The van der Waals surface area contributed by atoms with Gasteiger partial charge in [-0.1, -0.05) is 6.92 Å². The van der Waals surface area contributed by atoms with Crippen LogP contribution in [0.5, 0.6) is 5.75 Å². The third-order valence-corrected chi connectivity index (χ3v) is 7.09. The van der Waals surface area contributed by atoms with E-state index < -0.39 is 15.4 Å². The first-order valence-corrected chi connectivity index (χ1v) is 11.8. The molecule has 8 nitrogen and oxygen atoms in total. The predicted octanol–water partition coefficient (Wildman–Crippen LogP) is 3.35. The van der Waals surface area contributed by atoms with Gasteiger partial charge in [0.2, 0.25) is 15.9 Å². The quantitative estimate of drug-likeness (QED) is 0.715. The van der Waals surface area contributed by atoms with E-state index in [1.54, 1.807) is 23.1 Å². The van der Waals surface area contributed by atoms with E-state index in [1.165, 1.54) is 38.4 Å². The number of carbonyl (C=O) groups excluding carboxylic acids is 2. The number of hydrogen-bond donors (Lipinski definition) is 1. The zero-order valence-electron chi connectivity index (χ0n) is 19.0. The smallest absolute Gasteiger partial charge is 0.255 e. The summed E-state index contributed by atoms with van der Waals surface area (Å²) >= 11 is 0. The van der Waals surface area contributed by atoms with Gasteiger partial charge in [-0.25, -0.2) is 12.7 Å². The molecular formula is C23H29N3O5S. The lowest BCUT2D eigenvalue weighted by Crippen LogP contribution is -2.42. The third kappa shape index (κ3) is 4.63. The van der Waals surface area contributed by atoms with Crippen LogP contribution in [0.4, 0.5) is 11.4 Å². The fourth-order valence-corrected chi connectivity index (χ4v) is 4.26. The van der Waals surface area contributed by atoms with E-state index >= 15 is 0 Å². The summed E-state index contributed by atoms with van der Waals surface area (Å²) in [6, 6.07) is 10.9. The maximum Gasteiger partial charge on any atom is 0.255 e. The molecule has 0 unspecified atom stereocenters. The summed E-state index contributed by atoms with van der Waals surface area (Å²) in [6.07, 6.45) is 0.805. The summed E-state index contributed by atoms with van der Waals surface area (Å²) < 4.78 is 31.4. The van der Waals surface area contributed by atoms with Gasteiger partial charge in [-0.2, -0.15) is 0 Å². The summed E-state index contributed by atoms with van der Waals surface area (Å²) in [5, 5.41) is 2.81. The van der Waals surface area contributed by atoms with E-state index in [-0.39, 0.29) is 23.3 Å². The van der Waals surface area contributed by atoms with Crippen LogP contribution in [0.1, 0.15) is 37.6 Å². The molecule has 1 aliphatic rings. The molecule has 2 amide bonds. The molecule has 1 aliphatic heterocycles. The van der Waals surface area contributed by atoms with Gasteiger partial charge in [0.25, 0.3) is 5.91 Å². The first kappa shape index (κ1) is 23.7. The van der Waals surface area contributed by atoms with Crippen LogP contribution in [0.2, 0.25) is 0 Å². The second-order valence-electron chi connectivity index (χ2n) is 8.58. The molecule has 0 radical (unpaired) electrons. The summed E-state index contributed by atoms with van der Waals surface area (Å²) in [6.45, 7) is 6.53. The first-order valence-electron chi connectivity index (χ1n) is 10.4. The fourth-order valence-electron chi connectivity index (χ4n) is 3.36. The normalized spacial score (nSPS) is 15.7. The molecule has 2 aromatic carbocycles. The van der Waals surface area contributed by atoms with Crippen molar-refractivity contribution in [3.63, 3.8) is 0 Å². The number of nitrogens with zero attached hydrogens (tertiary/aromatic N) is 2. The van der Waals surface area contributed by atoms with Crippen molar-refractivity contribution in [2.24, 2.45) is 5.41 Å². The molecule has 3 rings (SSSR count). The molecule has 0 saturated carbocycles. The van der Waals surface area contributed by atoms with Crippen LogP contribution in [0.25, 0.3) is 0 Å². The van der Waals surface area contributed by atoms with Crippen LogP contribution >= 0.6 is 0 Å². The molecule has 0 aromatic heterocycles. The molecule has 0 bridgehead atoms. The molecule has 1 heterocycles. The number of nitrogens with one attached hydrogen (secondary N) is 1. The Bertz CT molecular complexity index is 1120. The van der Waals surface area contributed by atoms with Crippen molar-refractivity contribution in [1.29, 1.82) is 0 Å². The zero-order valence-corrected chi connectivity index (χ0v) is 19.8. The van der Waals surface area contributed by atoms with Crippen LogP contribution in [0, 0.1) is 5.41 Å². The van der Waals surface area contributed by atoms with Crippen molar-refractivity contribution in [2.45, 2.75) is 32.1 Å². The minimum atomic E-state index is -3.56. The molecule has 32 heavy (non-hydrogen) atoms. The van der Waals surface area contributed by atoms with E-state index in [2.05, 4.69) is 5.32 Å². The fraction of sp³-hybridized carbons (Fsp3) is 0.391. The summed E-state index contributed by atoms with van der Waals surface area (Å²) in [7, 11) is -0.661.